The van der Waals surface area contributed by atoms with Crippen molar-refractivity contribution >= 4 is 5.69 Å². The van der Waals surface area contributed by atoms with Crippen LogP contribution in [0.15, 0.2) is 18.5 Å². The van der Waals surface area contributed by atoms with E-state index >= 15 is 0 Å². The topological polar surface area (TPSA) is 34.1 Å². The van der Waals surface area contributed by atoms with Crippen molar-refractivity contribution in [2.24, 2.45) is 0 Å². The maximum absolute atomic E-state index is 5.53. The Balaban J connectivity index is 2.46. The van der Waals surface area contributed by atoms with E-state index in [9.17, 15) is 0 Å². The number of hydrogen-bond donors (Lipinski definition) is 1. The Hall–Kier alpha value is -1.25. The van der Waals surface area contributed by atoms with E-state index in [4.69, 9.17) is 4.74 Å². The Labute approximate surface area is 85.5 Å². The molecule has 0 radical (unpaired) electrons. The van der Waals surface area contributed by atoms with Gasteiger partial charge in [-0.05, 0) is 13.3 Å². The number of aromatic nitrogens is 1. The van der Waals surface area contributed by atoms with E-state index in [1.165, 1.54) is 0 Å². The lowest BCUT2D eigenvalue weighted by Crippen LogP contribution is -2.00. The summed E-state index contributed by atoms with van der Waals surface area (Å²) in [6.45, 7) is 5.88. The van der Waals surface area contributed by atoms with Gasteiger partial charge in [-0.25, -0.2) is 0 Å². The van der Waals surface area contributed by atoms with Gasteiger partial charge in [0.25, 0.3) is 0 Å². The van der Waals surface area contributed by atoms with Gasteiger partial charge in [-0.3, -0.25) is 4.98 Å². The average molecular weight is 194 g/mol. The molecule has 0 aliphatic heterocycles. The molecule has 3 heteroatoms. The largest absolute Gasteiger partial charge is 0.492 e. The Morgan fingerprint density at radius 2 is 2.21 bits per heavy atom. The number of ether oxygens (including phenoxy) is 1. The fourth-order valence-electron chi connectivity index (χ4n) is 1.13. The molecule has 0 aromatic carbocycles. The zero-order valence-corrected chi connectivity index (χ0v) is 8.92. The summed E-state index contributed by atoms with van der Waals surface area (Å²) >= 11 is 0. The third kappa shape index (κ3) is 3.64. The van der Waals surface area contributed by atoms with E-state index in [2.05, 4.69) is 24.1 Å². The van der Waals surface area contributed by atoms with Gasteiger partial charge in [-0.2, -0.15) is 0 Å². The van der Waals surface area contributed by atoms with Crippen LogP contribution in [0.1, 0.15) is 26.7 Å². The van der Waals surface area contributed by atoms with Crippen LogP contribution in [0.2, 0.25) is 0 Å². The summed E-state index contributed by atoms with van der Waals surface area (Å²) in [5, 5.41) is 3.20. The fourth-order valence-corrected chi connectivity index (χ4v) is 1.13. The van der Waals surface area contributed by atoms with Gasteiger partial charge in [0.15, 0.2) is 0 Å². The van der Waals surface area contributed by atoms with E-state index in [0.717, 1.165) is 37.4 Å². The molecule has 0 aliphatic carbocycles. The number of pyridine rings is 1. The van der Waals surface area contributed by atoms with Crippen LogP contribution in [-0.4, -0.2) is 18.1 Å². The van der Waals surface area contributed by atoms with Gasteiger partial charge in [-0.15, -0.1) is 0 Å². The minimum absolute atomic E-state index is 0.772. The number of rotatable bonds is 6. The van der Waals surface area contributed by atoms with E-state index in [1.807, 2.05) is 6.07 Å². The van der Waals surface area contributed by atoms with E-state index in [-0.39, 0.29) is 0 Å². The molecule has 0 saturated heterocycles. The Morgan fingerprint density at radius 1 is 1.36 bits per heavy atom. The summed E-state index contributed by atoms with van der Waals surface area (Å²) in [5.41, 5.74) is 1.02. The minimum atomic E-state index is 0.772. The first-order valence-corrected chi connectivity index (χ1v) is 5.18. The molecule has 1 aromatic rings. The van der Waals surface area contributed by atoms with Crippen molar-refractivity contribution in [1.82, 2.24) is 4.98 Å². The molecule has 1 N–H and O–H groups in total. The molecule has 0 fully saturated rings. The molecule has 14 heavy (non-hydrogen) atoms. The van der Waals surface area contributed by atoms with Crippen LogP contribution in [-0.2, 0) is 0 Å². The van der Waals surface area contributed by atoms with Crippen molar-refractivity contribution in [3.63, 3.8) is 0 Å². The summed E-state index contributed by atoms with van der Waals surface area (Å²) < 4.78 is 5.53. The molecular weight excluding hydrogens is 176 g/mol. The highest BCUT2D eigenvalue weighted by molar-refractivity contribution is 5.44. The summed E-state index contributed by atoms with van der Waals surface area (Å²) in [7, 11) is 0. The number of nitrogens with one attached hydrogen (secondary N) is 1. The summed E-state index contributed by atoms with van der Waals surface area (Å²) in [4.78, 5) is 4.09. The second-order valence-electron chi connectivity index (χ2n) is 3.14. The van der Waals surface area contributed by atoms with E-state index in [1.54, 1.807) is 12.4 Å². The van der Waals surface area contributed by atoms with Gasteiger partial charge in [-0.1, -0.05) is 13.3 Å². The van der Waals surface area contributed by atoms with Crippen molar-refractivity contribution in [3.8, 4) is 5.75 Å². The second kappa shape index (κ2) is 6.24. The average Bonchev–Trinajstić information content (AvgIpc) is 2.19. The maximum atomic E-state index is 5.53. The van der Waals surface area contributed by atoms with Crippen LogP contribution in [0.5, 0.6) is 5.75 Å². The predicted octanol–water partition coefficient (Wildman–Crippen LogP) is 2.69. The smallest absolute Gasteiger partial charge is 0.139 e. The molecular formula is C11H18N2O. The standard InChI is InChI=1S/C11H18N2O/c1-3-5-6-14-11-7-10(13-4-2)8-12-9-11/h7-9,13H,3-6H2,1-2H3. The lowest BCUT2D eigenvalue weighted by atomic mass is 10.3. The quantitative estimate of drug-likeness (QED) is 0.707. The Bertz CT molecular complexity index is 263. The third-order valence-corrected chi connectivity index (χ3v) is 1.86. The summed E-state index contributed by atoms with van der Waals surface area (Å²) in [6.07, 6.45) is 5.79. The highest BCUT2D eigenvalue weighted by Gasteiger charge is 1.95. The number of unbranched alkanes of at least 4 members (excludes halogenated alkanes) is 1. The van der Waals surface area contributed by atoms with Gasteiger partial charge >= 0.3 is 0 Å². The molecule has 0 bridgehead atoms. The lowest BCUT2D eigenvalue weighted by molar-refractivity contribution is 0.308. The highest BCUT2D eigenvalue weighted by Crippen LogP contribution is 2.15. The molecule has 0 saturated carbocycles. The molecule has 0 aliphatic rings. The highest BCUT2D eigenvalue weighted by atomic mass is 16.5. The summed E-state index contributed by atoms with van der Waals surface area (Å²) in [5.74, 6) is 0.844. The van der Waals surface area contributed by atoms with E-state index < -0.39 is 0 Å². The van der Waals surface area contributed by atoms with Crippen molar-refractivity contribution in [3.05, 3.63) is 18.5 Å². The van der Waals surface area contributed by atoms with Crippen molar-refractivity contribution < 1.29 is 4.74 Å². The molecule has 0 atom stereocenters. The molecule has 1 heterocycles. The molecule has 1 rings (SSSR count). The molecule has 3 nitrogen and oxygen atoms in total. The summed E-state index contributed by atoms with van der Waals surface area (Å²) in [6, 6.07) is 1.98. The molecule has 1 aromatic heterocycles. The van der Waals surface area contributed by atoms with Crippen LogP contribution in [0.25, 0.3) is 0 Å². The Kier molecular flexibility index (Phi) is 4.83. The number of nitrogens with zero attached hydrogens (tertiary/aromatic N) is 1. The predicted molar refractivity (Wildman–Crippen MR) is 58.8 cm³/mol. The number of hydrogen-bond acceptors (Lipinski definition) is 3. The first-order chi connectivity index (χ1) is 6.86. The van der Waals surface area contributed by atoms with Crippen molar-refractivity contribution in [2.75, 3.05) is 18.5 Å². The van der Waals surface area contributed by atoms with E-state index in [0.29, 0.717) is 0 Å². The van der Waals surface area contributed by atoms with Gasteiger partial charge in [0.05, 0.1) is 24.7 Å². The third-order valence-electron chi connectivity index (χ3n) is 1.86. The van der Waals surface area contributed by atoms with Crippen LogP contribution in [0.4, 0.5) is 5.69 Å². The van der Waals surface area contributed by atoms with Crippen LogP contribution >= 0.6 is 0 Å². The second-order valence-corrected chi connectivity index (χ2v) is 3.14. The maximum Gasteiger partial charge on any atom is 0.139 e. The van der Waals surface area contributed by atoms with Gasteiger partial charge in [0, 0.05) is 12.6 Å². The molecule has 78 valence electrons. The fraction of sp³-hybridized carbons (Fsp3) is 0.545. The normalized spacial score (nSPS) is 9.86. The molecule has 0 spiro atoms. The number of anilines is 1. The van der Waals surface area contributed by atoms with Gasteiger partial charge < -0.3 is 10.1 Å². The SMILES string of the molecule is CCCCOc1cncc(NCC)c1. The monoisotopic (exact) mass is 194 g/mol. The van der Waals surface area contributed by atoms with Crippen LogP contribution < -0.4 is 10.1 Å². The Morgan fingerprint density at radius 3 is 2.93 bits per heavy atom. The molecule has 0 amide bonds. The zero-order valence-electron chi connectivity index (χ0n) is 8.92. The van der Waals surface area contributed by atoms with Crippen LogP contribution in [0, 0.1) is 0 Å². The molecule has 0 unspecified atom stereocenters. The first kappa shape index (κ1) is 10.8. The van der Waals surface area contributed by atoms with Gasteiger partial charge in [0.2, 0.25) is 0 Å². The minimum Gasteiger partial charge on any atom is -0.492 e. The lowest BCUT2D eigenvalue weighted by Gasteiger charge is -2.07. The zero-order chi connectivity index (χ0) is 10.2. The van der Waals surface area contributed by atoms with Crippen molar-refractivity contribution in [1.29, 1.82) is 0 Å². The van der Waals surface area contributed by atoms with Crippen LogP contribution in [0.3, 0.4) is 0 Å². The van der Waals surface area contributed by atoms with Crippen molar-refractivity contribution in [2.45, 2.75) is 26.7 Å². The van der Waals surface area contributed by atoms with Gasteiger partial charge in [0.1, 0.15) is 5.75 Å². The first-order valence-electron chi connectivity index (χ1n) is 5.18.